The zero-order valence-corrected chi connectivity index (χ0v) is 23.1. The Hall–Kier alpha value is -2.92. The zero-order chi connectivity index (χ0) is 26.2. The summed E-state index contributed by atoms with van der Waals surface area (Å²) in [4.78, 5) is 20.4. The first-order chi connectivity index (χ1) is 17.2. The maximum Gasteiger partial charge on any atom is 0.258 e. The number of hydrogen-bond acceptors (Lipinski definition) is 4. The SMILES string of the molecule is C=C(C)/C(C)=C/C(=C\CCC/C=C(/C)C(C)CC)c1cc(=O)n2cc(N3CCN[C@H](C)C3)ccc2n1. The van der Waals surface area contributed by atoms with Gasteiger partial charge in [-0.25, -0.2) is 4.98 Å². The summed E-state index contributed by atoms with van der Waals surface area (Å²) >= 11 is 0. The van der Waals surface area contributed by atoms with Crippen molar-refractivity contribution in [3.8, 4) is 0 Å². The van der Waals surface area contributed by atoms with Crippen LogP contribution in [0.2, 0.25) is 0 Å². The van der Waals surface area contributed by atoms with E-state index in [1.54, 1.807) is 10.5 Å². The van der Waals surface area contributed by atoms with Crippen LogP contribution in [0.1, 0.15) is 72.9 Å². The van der Waals surface area contributed by atoms with Gasteiger partial charge in [-0.3, -0.25) is 9.20 Å². The van der Waals surface area contributed by atoms with Crippen molar-refractivity contribution in [2.75, 3.05) is 24.5 Å². The van der Waals surface area contributed by atoms with Gasteiger partial charge in [-0.2, -0.15) is 0 Å². The summed E-state index contributed by atoms with van der Waals surface area (Å²) < 4.78 is 1.67. The molecule has 1 aliphatic rings. The van der Waals surface area contributed by atoms with Crippen molar-refractivity contribution in [1.82, 2.24) is 14.7 Å². The Kier molecular flexibility index (Phi) is 9.89. The van der Waals surface area contributed by atoms with Crippen LogP contribution in [0.3, 0.4) is 0 Å². The van der Waals surface area contributed by atoms with Crippen molar-refractivity contribution in [3.63, 3.8) is 0 Å². The number of fused-ring (bicyclic) bond motifs is 1. The summed E-state index contributed by atoms with van der Waals surface area (Å²) in [6, 6.07) is 6.13. The fraction of sp³-hybridized carbons (Fsp3) is 0.484. The summed E-state index contributed by atoms with van der Waals surface area (Å²) in [7, 11) is 0. The van der Waals surface area contributed by atoms with Crippen molar-refractivity contribution in [3.05, 3.63) is 82.0 Å². The minimum atomic E-state index is -0.0561. The number of allylic oxidation sites excluding steroid dienone is 7. The number of aromatic nitrogens is 2. The summed E-state index contributed by atoms with van der Waals surface area (Å²) in [5.41, 5.74) is 6.96. The van der Waals surface area contributed by atoms with Crippen LogP contribution in [-0.2, 0) is 0 Å². The van der Waals surface area contributed by atoms with Crippen LogP contribution in [0.25, 0.3) is 11.2 Å². The van der Waals surface area contributed by atoms with E-state index >= 15 is 0 Å². The van der Waals surface area contributed by atoms with Gasteiger partial charge in [-0.1, -0.05) is 43.7 Å². The van der Waals surface area contributed by atoms with Gasteiger partial charge >= 0.3 is 0 Å². The first-order valence-electron chi connectivity index (χ1n) is 13.4. The molecule has 0 saturated carbocycles. The highest BCUT2D eigenvalue weighted by molar-refractivity contribution is 5.74. The zero-order valence-electron chi connectivity index (χ0n) is 23.1. The van der Waals surface area contributed by atoms with Gasteiger partial charge in [0.1, 0.15) is 5.65 Å². The smallest absolute Gasteiger partial charge is 0.258 e. The summed E-state index contributed by atoms with van der Waals surface area (Å²) in [6.07, 6.45) is 12.9. The van der Waals surface area contributed by atoms with Crippen molar-refractivity contribution in [1.29, 1.82) is 0 Å². The van der Waals surface area contributed by atoms with Gasteiger partial charge < -0.3 is 10.2 Å². The lowest BCUT2D eigenvalue weighted by molar-refractivity contribution is 0.484. The minimum absolute atomic E-state index is 0.0561. The quantitative estimate of drug-likeness (QED) is 0.234. The minimum Gasteiger partial charge on any atom is -0.368 e. The van der Waals surface area contributed by atoms with E-state index in [0.717, 1.165) is 67.0 Å². The second kappa shape index (κ2) is 12.9. The topological polar surface area (TPSA) is 49.6 Å². The highest BCUT2D eigenvalue weighted by atomic mass is 16.1. The first-order valence-corrected chi connectivity index (χ1v) is 13.4. The van der Waals surface area contributed by atoms with E-state index in [9.17, 15) is 4.79 Å². The molecule has 0 aliphatic carbocycles. The molecule has 1 fully saturated rings. The average Bonchev–Trinajstić information content (AvgIpc) is 2.86. The third-order valence-corrected chi connectivity index (χ3v) is 7.35. The molecule has 1 N–H and O–H groups in total. The molecule has 0 amide bonds. The highest BCUT2D eigenvalue weighted by Crippen LogP contribution is 2.22. The summed E-state index contributed by atoms with van der Waals surface area (Å²) in [5, 5.41) is 3.47. The maximum absolute atomic E-state index is 13.2. The predicted molar refractivity (Wildman–Crippen MR) is 155 cm³/mol. The molecule has 0 radical (unpaired) electrons. The van der Waals surface area contributed by atoms with Crippen LogP contribution in [0, 0.1) is 5.92 Å². The van der Waals surface area contributed by atoms with Gasteiger partial charge in [-0.05, 0) is 88.7 Å². The number of rotatable bonds is 10. The molecule has 5 nitrogen and oxygen atoms in total. The van der Waals surface area contributed by atoms with E-state index in [0.29, 0.717) is 17.6 Å². The predicted octanol–water partition coefficient (Wildman–Crippen LogP) is 6.56. The molecule has 0 aromatic carbocycles. The number of hydrogen-bond donors (Lipinski definition) is 1. The Morgan fingerprint density at radius 3 is 2.69 bits per heavy atom. The molecule has 1 aliphatic heterocycles. The van der Waals surface area contributed by atoms with E-state index in [4.69, 9.17) is 4.98 Å². The third kappa shape index (κ3) is 7.30. The molecule has 1 unspecified atom stereocenters. The normalized spacial score (nSPS) is 18.6. The van der Waals surface area contributed by atoms with Crippen LogP contribution in [-0.4, -0.2) is 35.1 Å². The Bertz CT molecular complexity index is 1220. The van der Waals surface area contributed by atoms with Crippen LogP contribution < -0.4 is 15.8 Å². The molecule has 3 rings (SSSR count). The van der Waals surface area contributed by atoms with Gasteiger partial charge in [0.15, 0.2) is 0 Å². The third-order valence-electron chi connectivity index (χ3n) is 7.35. The Morgan fingerprint density at radius 1 is 1.25 bits per heavy atom. The fourth-order valence-electron chi connectivity index (χ4n) is 4.42. The lowest BCUT2D eigenvalue weighted by Crippen LogP contribution is -2.49. The van der Waals surface area contributed by atoms with Crippen LogP contribution in [0.4, 0.5) is 5.69 Å². The number of nitrogens with zero attached hydrogens (tertiary/aromatic N) is 3. The lowest BCUT2D eigenvalue weighted by atomic mass is 9.98. The van der Waals surface area contributed by atoms with Crippen molar-refractivity contribution >= 4 is 16.9 Å². The van der Waals surface area contributed by atoms with Crippen LogP contribution >= 0.6 is 0 Å². The number of pyridine rings is 1. The van der Waals surface area contributed by atoms with Gasteiger partial charge in [0.05, 0.1) is 11.4 Å². The van der Waals surface area contributed by atoms with E-state index in [1.165, 1.54) is 12.0 Å². The number of unbranched alkanes of at least 4 members (excludes halogenated alkanes) is 2. The Balaban J connectivity index is 1.88. The number of nitrogens with one attached hydrogen (secondary N) is 1. The largest absolute Gasteiger partial charge is 0.368 e. The fourth-order valence-corrected chi connectivity index (χ4v) is 4.42. The van der Waals surface area contributed by atoms with Crippen LogP contribution in [0.15, 0.2) is 70.7 Å². The lowest BCUT2D eigenvalue weighted by Gasteiger charge is -2.33. The molecule has 36 heavy (non-hydrogen) atoms. The molecule has 194 valence electrons. The monoisotopic (exact) mass is 488 g/mol. The van der Waals surface area contributed by atoms with Gasteiger partial charge in [0, 0.05) is 37.9 Å². The molecule has 0 spiro atoms. The van der Waals surface area contributed by atoms with Crippen molar-refractivity contribution < 1.29 is 0 Å². The highest BCUT2D eigenvalue weighted by Gasteiger charge is 2.17. The molecule has 2 aromatic rings. The van der Waals surface area contributed by atoms with E-state index in [-0.39, 0.29) is 5.56 Å². The van der Waals surface area contributed by atoms with E-state index in [2.05, 4.69) is 75.7 Å². The molecule has 1 saturated heterocycles. The second-order valence-corrected chi connectivity index (χ2v) is 10.4. The second-order valence-electron chi connectivity index (χ2n) is 10.4. The summed E-state index contributed by atoms with van der Waals surface area (Å²) in [6.45, 7) is 19.9. The molecule has 2 atom stereocenters. The van der Waals surface area contributed by atoms with Crippen molar-refractivity contribution in [2.24, 2.45) is 5.92 Å². The summed E-state index contributed by atoms with van der Waals surface area (Å²) in [5.74, 6) is 0.641. The number of anilines is 1. The number of piperazine rings is 1. The van der Waals surface area contributed by atoms with Gasteiger partial charge in [-0.15, -0.1) is 0 Å². The van der Waals surface area contributed by atoms with Gasteiger partial charge in [0.2, 0.25) is 0 Å². The maximum atomic E-state index is 13.2. The average molecular weight is 489 g/mol. The van der Waals surface area contributed by atoms with Crippen molar-refractivity contribution in [2.45, 2.75) is 73.3 Å². The standard InChI is InChI=1S/C31H44N4O/c1-8-23(4)24(5)12-10-9-11-13-27(18-25(6)22(2)3)29-19-31(36)35-21-28(14-15-30(35)33-29)34-17-16-32-26(7)20-34/h12-15,18-19,21,23,26,32H,2,8-11,16-17,20H2,1,3-7H3/b24-12-,25-18+,27-13+/t23?,26-/m1/s1. The molecular weight excluding hydrogens is 444 g/mol. The molecule has 0 bridgehead atoms. The molecule has 2 aromatic heterocycles. The van der Waals surface area contributed by atoms with E-state index < -0.39 is 0 Å². The Labute approximate surface area is 217 Å². The molecular formula is C31H44N4O. The molecule has 5 heteroatoms. The van der Waals surface area contributed by atoms with Crippen LogP contribution in [0.5, 0.6) is 0 Å². The van der Waals surface area contributed by atoms with E-state index in [1.807, 2.05) is 19.2 Å². The Morgan fingerprint density at radius 2 is 2.00 bits per heavy atom. The molecule has 3 heterocycles. The van der Waals surface area contributed by atoms with Gasteiger partial charge in [0.25, 0.3) is 5.56 Å². The first kappa shape index (κ1) is 27.7.